The summed E-state index contributed by atoms with van der Waals surface area (Å²) in [4.78, 5) is 27.4. The summed E-state index contributed by atoms with van der Waals surface area (Å²) in [7, 11) is 0. The van der Waals surface area contributed by atoms with Gasteiger partial charge >= 0.3 is 11.7 Å². The molecule has 8 heteroatoms. The van der Waals surface area contributed by atoms with Gasteiger partial charge in [-0.15, -0.1) is 0 Å². The Morgan fingerprint density at radius 2 is 2.22 bits per heavy atom. The molecule has 0 aliphatic heterocycles. The van der Waals surface area contributed by atoms with E-state index in [1.54, 1.807) is 0 Å². The molecule has 0 bridgehead atoms. The maximum atomic E-state index is 10.9. The van der Waals surface area contributed by atoms with Crippen LogP contribution in [0.5, 0.6) is 0 Å². The van der Waals surface area contributed by atoms with Gasteiger partial charge in [0.2, 0.25) is 0 Å². The Balaban J connectivity index is 2.29. The molecule has 2 unspecified atom stereocenters. The molecule has 2 rings (SSSR count). The van der Waals surface area contributed by atoms with Gasteiger partial charge < -0.3 is 19.7 Å². The van der Waals surface area contributed by atoms with Crippen molar-refractivity contribution in [3.63, 3.8) is 0 Å². The lowest BCUT2D eigenvalue weighted by Gasteiger charge is -2.15. The molecular weight excluding hydrogens is 244 g/mol. The van der Waals surface area contributed by atoms with Crippen LogP contribution in [0.15, 0.2) is 21.5 Å². The summed E-state index contributed by atoms with van der Waals surface area (Å²) >= 11 is 0. The summed E-state index contributed by atoms with van der Waals surface area (Å²) < 4.78 is 4.74. The second-order valence-corrected chi connectivity index (χ2v) is 3.74. The number of carboxylic acids is 1. The minimum absolute atomic E-state index is 0.124. The highest BCUT2D eigenvalue weighted by atomic mass is 16.4. The Hall–Kier alpha value is -2.19. The number of aliphatic carboxylic acids is 1. The van der Waals surface area contributed by atoms with Crippen LogP contribution in [-0.4, -0.2) is 37.4 Å². The van der Waals surface area contributed by atoms with E-state index < -0.39 is 30.4 Å². The molecule has 0 aliphatic carbocycles. The zero-order valence-corrected chi connectivity index (χ0v) is 9.03. The van der Waals surface area contributed by atoms with Crippen molar-refractivity contribution in [2.24, 2.45) is 0 Å². The second-order valence-electron chi connectivity index (χ2n) is 3.74. The third-order valence-electron chi connectivity index (χ3n) is 2.39. The lowest BCUT2D eigenvalue weighted by atomic mass is 10.0. The summed E-state index contributed by atoms with van der Waals surface area (Å²) in [6.07, 6.45) is -2.26. The number of nitrogens with zero attached hydrogens (tertiary/aromatic N) is 1. The molecule has 0 fully saturated rings. The number of aromatic nitrogens is 2. The minimum atomic E-state index is -1.47. The van der Waals surface area contributed by atoms with Crippen molar-refractivity contribution in [3.8, 4) is 0 Å². The third kappa shape index (κ3) is 2.39. The van der Waals surface area contributed by atoms with E-state index in [-0.39, 0.29) is 16.8 Å². The van der Waals surface area contributed by atoms with Gasteiger partial charge in [-0.05, 0) is 6.07 Å². The van der Waals surface area contributed by atoms with Crippen LogP contribution in [-0.2, 0) is 4.79 Å². The average molecular weight is 254 g/mol. The van der Waals surface area contributed by atoms with Gasteiger partial charge in [0.05, 0.1) is 12.5 Å². The van der Waals surface area contributed by atoms with E-state index in [0.29, 0.717) is 0 Å². The Kier molecular flexibility index (Phi) is 3.13. The Morgan fingerprint density at radius 1 is 1.50 bits per heavy atom. The van der Waals surface area contributed by atoms with Crippen LogP contribution in [0.4, 0.5) is 0 Å². The topological polar surface area (TPSA) is 137 Å². The maximum Gasteiger partial charge on any atom is 0.418 e. The first-order valence-corrected chi connectivity index (χ1v) is 5.04. The van der Waals surface area contributed by atoms with Crippen molar-refractivity contribution in [2.75, 3.05) is 0 Å². The lowest BCUT2D eigenvalue weighted by Crippen LogP contribution is -2.21. The molecule has 0 aromatic carbocycles. The molecule has 18 heavy (non-hydrogen) atoms. The van der Waals surface area contributed by atoms with Gasteiger partial charge in [-0.2, -0.15) is 0 Å². The highest BCUT2D eigenvalue weighted by Gasteiger charge is 2.22. The van der Waals surface area contributed by atoms with Crippen LogP contribution >= 0.6 is 0 Å². The molecule has 2 aromatic rings. The zero-order valence-electron chi connectivity index (χ0n) is 9.03. The van der Waals surface area contributed by atoms with E-state index in [4.69, 9.17) is 9.52 Å². The zero-order chi connectivity index (χ0) is 13.3. The van der Waals surface area contributed by atoms with Gasteiger partial charge in [-0.25, -0.2) is 9.78 Å². The molecule has 0 spiro atoms. The Labute approximate surface area is 99.5 Å². The molecule has 0 radical (unpaired) electrons. The lowest BCUT2D eigenvalue weighted by molar-refractivity contribution is -0.141. The number of carbonyl (C=O) groups is 1. The fraction of sp³-hybridized carbons (Fsp3) is 0.300. The van der Waals surface area contributed by atoms with E-state index in [0.717, 1.165) is 0 Å². The van der Waals surface area contributed by atoms with E-state index >= 15 is 0 Å². The number of oxazole rings is 1. The molecule has 2 heterocycles. The summed E-state index contributed by atoms with van der Waals surface area (Å²) in [6.45, 7) is 0. The Morgan fingerprint density at radius 3 is 2.89 bits per heavy atom. The van der Waals surface area contributed by atoms with Gasteiger partial charge in [0.1, 0.15) is 6.10 Å². The number of fused-ring (bicyclic) bond motifs is 1. The van der Waals surface area contributed by atoms with Crippen LogP contribution < -0.4 is 5.76 Å². The number of aromatic amines is 1. The largest absolute Gasteiger partial charge is 0.481 e. The van der Waals surface area contributed by atoms with Gasteiger partial charge in [-0.1, -0.05) is 0 Å². The summed E-state index contributed by atoms with van der Waals surface area (Å²) in [5, 5.41) is 27.7. The van der Waals surface area contributed by atoms with Crippen molar-refractivity contribution in [2.45, 2.75) is 18.6 Å². The molecular formula is C10H10N2O6. The highest BCUT2D eigenvalue weighted by molar-refractivity contribution is 5.68. The third-order valence-corrected chi connectivity index (χ3v) is 2.39. The van der Waals surface area contributed by atoms with E-state index in [1.807, 2.05) is 0 Å². The highest BCUT2D eigenvalue weighted by Crippen LogP contribution is 2.20. The molecule has 0 saturated heterocycles. The van der Waals surface area contributed by atoms with E-state index in [2.05, 4.69) is 9.97 Å². The van der Waals surface area contributed by atoms with Crippen LogP contribution in [0, 0.1) is 0 Å². The fourth-order valence-electron chi connectivity index (χ4n) is 1.53. The number of aliphatic hydroxyl groups is 2. The summed E-state index contributed by atoms with van der Waals surface area (Å²) in [5.74, 6) is -1.92. The molecule has 0 aliphatic rings. The second kappa shape index (κ2) is 4.59. The number of nitrogens with one attached hydrogen (secondary N) is 1. The molecule has 4 N–H and O–H groups in total. The first-order chi connectivity index (χ1) is 8.47. The van der Waals surface area contributed by atoms with Crippen molar-refractivity contribution in [1.82, 2.24) is 9.97 Å². The number of carboxylic acid groups (broad SMARTS) is 1. The Bertz CT molecular complexity index is 631. The fourth-order valence-corrected chi connectivity index (χ4v) is 1.53. The molecule has 0 amide bonds. The first kappa shape index (κ1) is 12.3. The van der Waals surface area contributed by atoms with Crippen LogP contribution in [0.3, 0.4) is 0 Å². The smallest absolute Gasteiger partial charge is 0.418 e. The van der Waals surface area contributed by atoms with E-state index in [9.17, 15) is 19.8 Å². The minimum Gasteiger partial charge on any atom is -0.481 e. The number of hydrogen-bond donors (Lipinski definition) is 4. The van der Waals surface area contributed by atoms with Gasteiger partial charge in [0.25, 0.3) is 0 Å². The normalized spacial score (nSPS) is 14.6. The first-order valence-electron chi connectivity index (χ1n) is 5.04. The van der Waals surface area contributed by atoms with Crippen molar-refractivity contribution in [3.05, 3.63) is 28.4 Å². The quantitative estimate of drug-likeness (QED) is 0.570. The average Bonchev–Trinajstić information content (AvgIpc) is 2.65. The van der Waals surface area contributed by atoms with Crippen molar-refractivity contribution in [1.29, 1.82) is 0 Å². The SMILES string of the molecule is O=C(O)CC(O)C(O)c1cnc2[nH]c(=O)oc2c1. The van der Waals surface area contributed by atoms with Crippen LogP contribution in [0.25, 0.3) is 11.2 Å². The summed E-state index contributed by atoms with van der Waals surface area (Å²) in [6, 6.07) is 1.32. The molecule has 0 saturated carbocycles. The van der Waals surface area contributed by atoms with Gasteiger partial charge in [0, 0.05) is 11.8 Å². The van der Waals surface area contributed by atoms with Crippen molar-refractivity contribution < 1.29 is 24.5 Å². The number of rotatable bonds is 4. The van der Waals surface area contributed by atoms with Gasteiger partial charge in [0.15, 0.2) is 11.2 Å². The molecule has 2 atom stereocenters. The number of aliphatic hydroxyl groups excluding tert-OH is 2. The molecule has 8 nitrogen and oxygen atoms in total. The molecule has 2 aromatic heterocycles. The number of H-pyrrole nitrogens is 1. The van der Waals surface area contributed by atoms with Crippen LogP contribution in [0.1, 0.15) is 18.1 Å². The molecule has 96 valence electrons. The summed E-state index contributed by atoms with van der Waals surface area (Å²) in [5.41, 5.74) is 0.502. The van der Waals surface area contributed by atoms with Crippen molar-refractivity contribution >= 4 is 17.2 Å². The predicted octanol–water partition coefficient (Wildman–Crippen LogP) is -0.615. The predicted molar refractivity (Wildman–Crippen MR) is 57.8 cm³/mol. The van der Waals surface area contributed by atoms with E-state index in [1.165, 1.54) is 12.3 Å². The number of pyridine rings is 1. The van der Waals surface area contributed by atoms with Crippen LogP contribution in [0.2, 0.25) is 0 Å². The standard InChI is InChI=1S/C10H10N2O6/c13-5(2-7(14)15)8(16)4-1-6-9(11-3-4)12-10(17)18-6/h1,3,5,8,13,16H,2H2,(H,14,15)(H,11,12,17). The monoisotopic (exact) mass is 254 g/mol. The van der Waals surface area contributed by atoms with Gasteiger partial charge in [-0.3, -0.25) is 9.78 Å². The number of hydrogen-bond acceptors (Lipinski definition) is 6. The maximum absolute atomic E-state index is 10.9.